The van der Waals surface area contributed by atoms with Crippen molar-refractivity contribution in [1.82, 2.24) is 9.88 Å². The Labute approximate surface area is 174 Å². The number of hydrogen-bond donors (Lipinski definition) is 3. The first kappa shape index (κ1) is 20.0. The smallest absolute Gasteiger partial charge is 0.259 e. The number of aromatic amines is 1. The number of nitrogens with zero attached hydrogens (tertiary/aromatic N) is 2. The van der Waals surface area contributed by atoms with Crippen LogP contribution in [0.2, 0.25) is 0 Å². The number of nitrogens with one attached hydrogen (secondary N) is 2. The molecule has 1 aliphatic rings. The molecule has 3 aromatic rings. The summed E-state index contributed by atoms with van der Waals surface area (Å²) >= 11 is 0. The Hall–Kier alpha value is -3.32. The molecule has 4 N–H and O–H groups in total. The monoisotopic (exact) mass is 407 g/mol. The van der Waals surface area contributed by atoms with E-state index in [0.717, 1.165) is 43.1 Å². The van der Waals surface area contributed by atoms with Gasteiger partial charge in [0.2, 0.25) is 0 Å². The third-order valence-corrected chi connectivity index (χ3v) is 5.70. The molecule has 0 spiro atoms. The Morgan fingerprint density at radius 2 is 1.93 bits per heavy atom. The minimum atomic E-state index is -0.483. The van der Waals surface area contributed by atoms with Gasteiger partial charge in [-0.3, -0.25) is 4.79 Å². The van der Waals surface area contributed by atoms with E-state index in [1.807, 2.05) is 13.0 Å². The fraction of sp³-hybridized carbons (Fsp3) is 0.261. The van der Waals surface area contributed by atoms with E-state index in [0.29, 0.717) is 11.2 Å². The molecule has 30 heavy (non-hydrogen) atoms. The van der Waals surface area contributed by atoms with Gasteiger partial charge in [0.1, 0.15) is 5.82 Å². The summed E-state index contributed by atoms with van der Waals surface area (Å²) in [5, 5.41) is 3.42. The van der Waals surface area contributed by atoms with Crippen LogP contribution in [0.1, 0.15) is 11.1 Å². The zero-order valence-corrected chi connectivity index (χ0v) is 17.3. The average Bonchev–Trinajstić information content (AvgIpc) is 2.70. The molecular formula is C23H26FN5O. The Balaban J connectivity index is 1.67. The predicted octanol–water partition coefficient (Wildman–Crippen LogP) is 3.39. The quantitative estimate of drug-likeness (QED) is 0.618. The molecule has 1 fully saturated rings. The molecule has 0 saturated carbocycles. The van der Waals surface area contributed by atoms with Crippen LogP contribution in [0, 0.1) is 12.7 Å². The number of piperazine rings is 1. The summed E-state index contributed by atoms with van der Waals surface area (Å²) in [5.41, 5.74) is 9.67. The summed E-state index contributed by atoms with van der Waals surface area (Å²) in [4.78, 5) is 20.0. The van der Waals surface area contributed by atoms with Crippen LogP contribution in [0.3, 0.4) is 0 Å². The second kappa shape index (κ2) is 7.84. The number of H-pyrrole nitrogens is 1. The average molecular weight is 407 g/mol. The predicted molar refractivity (Wildman–Crippen MR) is 122 cm³/mol. The SMILES string of the molecule is C=C(Nc1cc(N2CCN(C)CC2)ccc1C)c1c(N)c2c(F)cccc2[nH]c1=O. The van der Waals surface area contributed by atoms with Crippen LogP contribution in [-0.4, -0.2) is 43.1 Å². The maximum absolute atomic E-state index is 14.3. The van der Waals surface area contributed by atoms with E-state index in [-0.39, 0.29) is 16.6 Å². The molecule has 0 atom stereocenters. The van der Waals surface area contributed by atoms with E-state index in [9.17, 15) is 9.18 Å². The van der Waals surface area contributed by atoms with Crippen LogP contribution < -0.4 is 21.5 Å². The van der Waals surface area contributed by atoms with Crippen LogP contribution in [0.15, 0.2) is 47.8 Å². The maximum atomic E-state index is 14.3. The Morgan fingerprint density at radius 1 is 1.20 bits per heavy atom. The lowest BCUT2D eigenvalue weighted by Gasteiger charge is -2.34. The zero-order valence-electron chi connectivity index (χ0n) is 17.3. The van der Waals surface area contributed by atoms with Gasteiger partial charge in [-0.2, -0.15) is 0 Å². The van der Waals surface area contributed by atoms with Crippen LogP contribution in [-0.2, 0) is 0 Å². The number of benzene rings is 2. The lowest BCUT2D eigenvalue weighted by molar-refractivity contribution is 0.313. The second-order valence-electron chi connectivity index (χ2n) is 7.80. The first-order valence-corrected chi connectivity index (χ1v) is 9.95. The highest BCUT2D eigenvalue weighted by Crippen LogP contribution is 2.30. The van der Waals surface area contributed by atoms with Crippen molar-refractivity contribution >= 4 is 33.7 Å². The topological polar surface area (TPSA) is 77.4 Å². The third-order valence-electron chi connectivity index (χ3n) is 5.70. The molecule has 0 bridgehead atoms. The molecule has 1 aromatic heterocycles. The molecule has 1 saturated heterocycles. The Bertz CT molecular complexity index is 1180. The van der Waals surface area contributed by atoms with Gasteiger partial charge < -0.3 is 25.8 Å². The molecule has 0 amide bonds. The molecule has 2 heterocycles. The number of rotatable bonds is 4. The molecule has 2 aromatic carbocycles. The van der Waals surface area contributed by atoms with Crippen molar-refractivity contribution in [2.75, 3.05) is 49.2 Å². The van der Waals surface area contributed by atoms with Crippen molar-refractivity contribution in [1.29, 1.82) is 0 Å². The van der Waals surface area contributed by atoms with Crippen molar-refractivity contribution in [3.8, 4) is 0 Å². The number of nitrogens with two attached hydrogens (primary N) is 1. The highest BCUT2D eigenvalue weighted by atomic mass is 19.1. The van der Waals surface area contributed by atoms with Crippen molar-refractivity contribution in [3.05, 3.63) is 70.3 Å². The molecule has 1 aliphatic heterocycles. The molecule has 156 valence electrons. The van der Waals surface area contributed by atoms with Crippen molar-refractivity contribution in [3.63, 3.8) is 0 Å². The largest absolute Gasteiger partial charge is 0.397 e. The summed E-state index contributed by atoms with van der Waals surface area (Å²) in [6, 6.07) is 10.7. The first-order chi connectivity index (χ1) is 14.3. The summed E-state index contributed by atoms with van der Waals surface area (Å²) in [5.74, 6) is -0.483. The van der Waals surface area contributed by atoms with Gasteiger partial charge in [0, 0.05) is 43.3 Å². The van der Waals surface area contributed by atoms with Gasteiger partial charge in [0.25, 0.3) is 5.56 Å². The van der Waals surface area contributed by atoms with E-state index in [1.165, 1.54) is 12.1 Å². The van der Waals surface area contributed by atoms with Gasteiger partial charge in [-0.15, -0.1) is 0 Å². The van der Waals surface area contributed by atoms with Gasteiger partial charge in [-0.1, -0.05) is 18.7 Å². The summed E-state index contributed by atoms with van der Waals surface area (Å²) in [6.45, 7) is 9.93. The van der Waals surface area contributed by atoms with E-state index >= 15 is 0 Å². The molecule has 6 nitrogen and oxygen atoms in total. The maximum Gasteiger partial charge on any atom is 0.259 e. The van der Waals surface area contributed by atoms with Gasteiger partial charge in [0.15, 0.2) is 0 Å². The second-order valence-corrected chi connectivity index (χ2v) is 7.80. The molecule has 0 unspecified atom stereocenters. The van der Waals surface area contributed by atoms with Crippen LogP contribution in [0.5, 0.6) is 0 Å². The van der Waals surface area contributed by atoms with E-state index in [2.05, 4.69) is 45.9 Å². The molecular weight excluding hydrogens is 381 g/mol. The zero-order chi connectivity index (χ0) is 21.4. The number of hydrogen-bond acceptors (Lipinski definition) is 5. The lowest BCUT2D eigenvalue weighted by Crippen LogP contribution is -2.44. The number of nitrogen functional groups attached to an aromatic ring is 1. The third kappa shape index (κ3) is 3.64. The normalized spacial score (nSPS) is 14.8. The Kier molecular flexibility index (Phi) is 5.22. The number of fused-ring (bicyclic) bond motifs is 1. The van der Waals surface area contributed by atoms with E-state index in [1.54, 1.807) is 6.07 Å². The van der Waals surface area contributed by atoms with Crippen molar-refractivity contribution < 1.29 is 4.39 Å². The standard InChI is InChI=1S/C23H26FN5O/c1-14-7-8-16(29-11-9-28(3)10-12-29)13-19(14)26-15(2)20-22(25)21-17(24)5-4-6-18(21)27-23(20)30/h4-8,13,26H,2,9-12H2,1,3H3,(H3,25,27,30). The van der Waals surface area contributed by atoms with Crippen LogP contribution in [0.25, 0.3) is 16.6 Å². The van der Waals surface area contributed by atoms with Gasteiger partial charge >= 0.3 is 0 Å². The van der Waals surface area contributed by atoms with Gasteiger partial charge in [-0.05, 0) is 43.8 Å². The highest BCUT2D eigenvalue weighted by molar-refractivity contribution is 5.97. The van der Waals surface area contributed by atoms with E-state index < -0.39 is 11.4 Å². The highest BCUT2D eigenvalue weighted by Gasteiger charge is 2.18. The van der Waals surface area contributed by atoms with E-state index in [4.69, 9.17) is 5.73 Å². The summed E-state index contributed by atoms with van der Waals surface area (Å²) < 4.78 is 14.3. The number of likely N-dealkylation sites (N-methyl/N-ethyl adjacent to an activating group) is 1. The molecule has 0 radical (unpaired) electrons. The number of aromatic nitrogens is 1. The fourth-order valence-corrected chi connectivity index (χ4v) is 3.86. The summed E-state index contributed by atoms with van der Waals surface area (Å²) in [7, 11) is 2.12. The fourth-order valence-electron chi connectivity index (χ4n) is 3.86. The molecule has 0 aliphatic carbocycles. The van der Waals surface area contributed by atoms with Crippen LogP contribution in [0.4, 0.5) is 21.5 Å². The first-order valence-electron chi connectivity index (χ1n) is 9.95. The van der Waals surface area contributed by atoms with Crippen molar-refractivity contribution in [2.45, 2.75) is 6.92 Å². The van der Waals surface area contributed by atoms with Crippen molar-refractivity contribution in [2.24, 2.45) is 0 Å². The Morgan fingerprint density at radius 3 is 2.67 bits per heavy atom. The minimum Gasteiger partial charge on any atom is -0.397 e. The molecule has 7 heteroatoms. The minimum absolute atomic E-state index is 0.0808. The number of pyridine rings is 1. The summed E-state index contributed by atoms with van der Waals surface area (Å²) in [6.07, 6.45) is 0. The molecule has 4 rings (SSSR count). The number of anilines is 3. The lowest BCUT2D eigenvalue weighted by atomic mass is 10.1. The number of aryl methyl sites for hydroxylation is 1. The van der Waals surface area contributed by atoms with Gasteiger partial charge in [-0.25, -0.2) is 4.39 Å². The number of halogens is 1. The van der Waals surface area contributed by atoms with Crippen LogP contribution >= 0.6 is 0 Å². The van der Waals surface area contributed by atoms with Gasteiger partial charge in [0.05, 0.1) is 22.2 Å².